The first-order valence-electron chi connectivity index (χ1n) is 6.61. The molecule has 0 spiro atoms. The molecule has 0 aromatic carbocycles. The van der Waals surface area contributed by atoms with Crippen LogP contribution in [-0.2, 0) is 28.9 Å². The summed E-state index contributed by atoms with van der Waals surface area (Å²) in [4.78, 5) is 16.9. The number of halogens is 3. The number of aromatic nitrogens is 3. The monoisotopic (exact) mass is 334 g/mol. The Hall–Kier alpha value is -1.68. The molecule has 6 nitrogen and oxygen atoms in total. The minimum Gasteiger partial charge on any atom is -0.377 e. The molecule has 10 heteroatoms. The second kappa shape index (κ2) is 5.51. The standard InChI is InChI=1S/C12H13F3N4O2S/c1-21-6-8-17-19-7(5-18-4-2-3-9(18)20)10(12(13,14)15)16-11(19)22-8/h2-6H2,1H3. The molecular formula is C12H13F3N4O2S. The Bertz CT molecular complexity index is 709. The molecule has 0 radical (unpaired) electrons. The highest BCUT2D eigenvalue weighted by molar-refractivity contribution is 7.16. The predicted molar refractivity (Wildman–Crippen MR) is 71.2 cm³/mol. The van der Waals surface area contributed by atoms with Crippen LogP contribution in [0.3, 0.4) is 0 Å². The number of carbonyl (C=O) groups is 1. The summed E-state index contributed by atoms with van der Waals surface area (Å²) in [6, 6.07) is 0. The summed E-state index contributed by atoms with van der Waals surface area (Å²) in [6.45, 7) is 0.529. The second-order valence-electron chi connectivity index (χ2n) is 4.95. The van der Waals surface area contributed by atoms with Crippen molar-refractivity contribution in [1.29, 1.82) is 0 Å². The number of rotatable bonds is 4. The Morgan fingerprint density at radius 3 is 2.77 bits per heavy atom. The van der Waals surface area contributed by atoms with Crippen molar-refractivity contribution < 1.29 is 22.7 Å². The smallest absolute Gasteiger partial charge is 0.377 e. The molecule has 0 aliphatic carbocycles. The van der Waals surface area contributed by atoms with Gasteiger partial charge in [-0.15, -0.1) is 0 Å². The van der Waals surface area contributed by atoms with Gasteiger partial charge in [0.15, 0.2) is 5.69 Å². The highest BCUT2D eigenvalue weighted by Gasteiger charge is 2.39. The highest BCUT2D eigenvalue weighted by atomic mass is 32.1. The summed E-state index contributed by atoms with van der Waals surface area (Å²) in [7, 11) is 1.48. The number of carbonyl (C=O) groups excluding carboxylic acids is 1. The first kappa shape index (κ1) is 15.2. The number of nitrogens with zero attached hydrogens (tertiary/aromatic N) is 4. The number of ether oxygens (including phenoxy) is 1. The third-order valence-electron chi connectivity index (χ3n) is 3.39. The SMILES string of the molecule is COCc1nn2c(CN3CCCC3=O)c(C(F)(F)F)nc2s1. The molecule has 3 rings (SSSR count). The van der Waals surface area contributed by atoms with E-state index in [1.54, 1.807) is 0 Å². The fourth-order valence-corrected chi connectivity index (χ4v) is 3.32. The maximum absolute atomic E-state index is 13.2. The van der Waals surface area contributed by atoms with Gasteiger partial charge in [-0.1, -0.05) is 11.3 Å². The van der Waals surface area contributed by atoms with E-state index in [0.29, 0.717) is 24.4 Å². The summed E-state index contributed by atoms with van der Waals surface area (Å²) >= 11 is 1.04. The maximum Gasteiger partial charge on any atom is 0.435 e. The third-order valence-corrected chi connectivity index (χ3v) is 4.27. The Balaban J connectivity index is 2.04. The van der Waals surface area contributed by atoms with Gasteiger partial charge in [0.05, 0.1) is 18.8 Å². The average Bonchev–Trinajstić information content (AvgIpc) is 3.07. The summed E-state index contributed by atoms with van der Waals surface area (Å²) in [5, 5.41) is 4.65. The summed E-state index contributed by atoms with van der Waals surface area (Å²) in [5.41, 5.74) is -1.08. The van der Waals surface area contributed by atoms with Crippen LogP contribution in [0.1, 0.15) is 29.2 Å². The Morgan fingerprint density at radius 1 is 1.41 bits per heavy atom. The van der Waals surface area contributed by atoms with E-state index < -0.39 is 11.9 Å². The van der Waals surface area contributed by atoms with Crippen molar-refractivity contribution in [2.24, 2.45) is 0 Å². The van der Waals surface area contributed by atoms with E-state index in [4.69, 9.17) is 4.74 Å². The Morgan fingerprint density at radius 2 is 2.18 bits per heavy atom. The van der Waals surface area contributed by atoms with E-state index in [1.165, 1.54) is 16.5 Å². The highest BCUT2D eigenvalue weighted by Crippen LogP contribution is 2.34. The van der Waals surface area contributed by atoms with Crippen molar-refractivity contribution in [1.82, 2.24) is 19.5 Å². The van der Waals surface area contributed by atoms with Gasteiger partial charge in [-0.05, 0) is 6.42 Å². The van der Waals surface area contributed by atoms with Crippen LogP contribution in [0.4, 0.5) is 13.2 Å². The predicted octanol–water partition coefficient (Wildman–Crippen LogP) is 2.08. The van der Waals surface area contributed by atoms with Crippen LogP contribution in [0.2, 0.25) is 0 Å². The third kappa shape index (κ3) is 2.68. The molecule has 1 aliphatic heterocycles. The molecule has 2 aromatic heterocycles. The molecule has 1 amide bonds. The van der Waals surface area contributed by atoms with Crippen molar-refractivity contribution in [3.8, 4) is 0 Å². The normalized spacial score (nSPS) is 16.2. The molecule has 2 aromatic rings. The van der Waals surface area contributed by atoms with Gasteiger partial charge in [0, 0.05) is 20.1 Å². The summed E-state index contributed by atoms with van der Waals surface area (Å²) in [5.74, 6) is -0.143. The first-order chi connectivity index (χ1) is 10.4. The lowest BCUT2D eigenvalue weighted by molar-refractivity contribution is -0.142. The van der Waals surface area contributed by atoms with Crippen LogP contribution in [-0.4, -0.2) is 39.1 Å². The number of hydrogen-bond acceptors (Lipinski definition) is 5. The van der Waals surface area contributed by atoms with Crippen LogP contribution in [0.5, 0.6) is 0 Å². The van der Waals surface area contributed by atoms with E-state index in [0.717, 1.165) is 11.3 Å². The van der Waals surface area contributed by atoms with Crippen molar-refractivity contribution >= 4 is 22.2 Å². The van der Waals surface area contributed by atoms with Crippen molar-refractivity contribution in [2.75, 3.05) is 13.7 Å². The summed E-state index contributed by atoms with van der Waals surface area (Å²) in [6.07, 6.45) is -3.55. The van der Waals surface area contributed by atoms with E-state index in [9.17, 15) is 18.0 Å². The van der Waals surface area contributed by atoms with E-state index >= 15 is 0 Å². The summed E-state index contributed by atoms with van der Waals surface area (Å²) < 4.78 is 45.6. The quantitative estimate of drug-likeness (QED) is 0.859. The molecule has 0 saturated carbocycles. The molecule has 0 N–H and O–H groups in total. The molecule has 0 unspecified atom stereocenters. The van der Waals surface area contributed by atoms with Crippen molar-refractivity contribution in [3.05, 3.63) is 16.4 Å². The van der Waals surface area contributed by atoms with Gasteiger partial charge in [-0.3, -0.25) is 4.79 Å². The minimum atomic E-state index is -4.58. The molecule has 1 saturated heterocycles. The van der Waals surface area contributed by atoms with Gasteiger partial charge in [-0.25, -0.2) is 9.50 Å². The van der Waals surface area contributed by atoms with Gasteiger partial charge in [0.1, 0.15) is 5.01 Å². The van der Waals surface area contributed by atoms with Crippen LogP contribution >= 0.6 is 11.3 Å². The first-order valence-corrected chi connectivity index (χ1v) is 7.43. The van der Waals surface area contributed by atoms with Crippen LogP contribution in [0, 0.1) is 0 Å². The number of likely N-dealkylation sites (tertiary alicyclic amines) is 1. The zero-order valence-electron chi connectivity index (χ0n) is 11.7. The Labute approximate surface area is 127 Å². The van der Waals surface area contributed by atoms with Gasteiger partial charge < -0.3 is 9.64 Å². The number of hydrogen-bond donors (Lipinski definition) is 0. The van der Waals surface area contributed by atoms with E-state index in [-0.39, 0.29) is 29.7 Å². The zero-order chi connectivity index (χ0) is 15.9. The fraction of sp³-hybridized carbons (Fsp3) is 0.583. The largest absolute Gasteiger partial charge is 0.435 e. The van der Waals surface area contributed by atoms with Gasteiger partial charge >= 0.3 is 6.18 Å². The fourth-order valence-electron chi connectivity index (χ4n) is 2.43. The number of imidazole rings is 1. The molecule has 0 bridgehead atoms. The van der Waals surface area contributed by atoms with Crippen molar-refractivity contribution in [2.45, 2.75) is 32.2 Å². The lowest BCUT2D eigenvalue weighted by Gasteiger charge is -2.16. The number of alkyl halides is 3. The molecule has 0 atom stereocenters. The second-order valence-corrected chi connectivity index (χ2v) is 5.99. The zero-order valence-corrected chi connectivity index (χ0v) is 12.5. The van der Waals surface area contributed by atoms with Crippen LogP contribution in [0.25, 0.3) is 4.96 Å². The van der Waals surface area contributed by atoms with Gasteiger partial charge in [0.2, 0.25) is 10.9 Å². The maximum atomic E-state index is 13.2. The Kier molecular flexibility index (Phi) is 3.81. The number of amides is 1. The van der Waals surface area contributed by atoms with Crippen molar-refractivity contribution in [3.63, 3.8) is 0 Å². The molecule has 1 fully saturated rings. The molecule has 120 valence electrons. The van der Waals surface area contributed by atoms with E-state index in [1.807, 2.05) is 0 Å². The molecule has 1 aliphatic rings. The number of fused-ring (bicyclic) bond motifs is 1. The molecule has 22 heavy (non-hydrogen) atoms. The average molecular weight is 334 g/mol. The lowest BCUT2D eigenvalue weighted by Crippen LogP contribution is -2.26. The number of methoxy groups -OCH3 is 1. The lowest BCUT2D eigenvalue weighted by atomic mass is 10.3. The van der Waals surface area contributed by atoms with Crippen LogP contribution < -0.4 is 0 Å². The minimum absolute atomic E-state index is 0.101. The van der Waals surface area contributed by atoms with Gasteiger partial charge in [-0.2, -0.15) is 18.3 Å². The molecule has 3 heterocycles. The van der Waals surface area contributed by atoms with Crippen LogP contribution in [0.15, 0.2) is 0 Å². The van der Waals surface area contributed by atoms with E-state index in [2.05, 4.69) is 10.1 Å². The molecular weight excluding hydrogens is 321 g/mol. The topological polar surface area (TPSA) is 59.7 Å². The van der Waals surface area contributed by atoms with Gasteiger partial charge in [0.25, 0.3) is 0 Å².